The maximum Gasteiger partial charge on any atom is 0.355 e. The number of hydrogen-bond acceptors (Lipinski definition) is 5. The van der Waals surface area contributed by atoms with E-state index in [9.17, 15) is 9.59 Å². The van der Waals surface area contributed by atoms with E-state index in [4.69, 9.17) is 14.5 Å². The number of para-hydroxylation sites is 1. The Balaban J connectivity index is 2.12. The van der Waals surface area contributed by atoms with Crippen molar-refractivity contribution in [3.8, 4) is 5.75 Å². The van der Waals surface area contributed by atoms with Crippen LogP contribution in [0, 0.1) is 5.92 Å². The highest BCUT2D eigenvalue weighted by Gasteiger charge is 2.61. The quantitative estimate of drug-likeness (QED) is 0.271. The molecule has 0 spiro atoms. The van der Waals surface area contributed by atoms with E-state index in [0.717, 1.165) is 31.2 Å². The molecule has 0 saturated heterocycles. The van der Waals surface area contributed by atoms with Crippen LogP contribution >= 0.6 is 0 Å². The summed E-state index contributed by atoms with van der Waals surface area (Å²) in [5, 5.41) is 0. The first-order valence-corrected chi connectivity index (χ1v) is 8.95. The van der Waals surface area contributed by atoms with Gasteiger partial charge < -0.3 is 4.74 Å². The fraction of sp³-hybridized carbons (Fsp3) is 0.600. The van der Waals surface area contributed by atoms with E-state index < -0.39 is 23.1 Å². The molecule has 0 N–H and O–H groups in total. The predicted molar refractivity (Wildman–Crippen MR) is 92.1 cm³/mol. The van der Waals surface area contributed by atoms with Crippen molar-refractivity contribution in [1.82, 2.24) is 0 Å². The molecule has 2 atom stereocenters. The van der Waals surface area contributed by atoms with Crippen molar-refractivity contribution in [1.29, 1.82) is 0 Å². The number of benzene rings is 1. The highest BCUT2D eigenvalue weighted by atomic mass is 17.2. The highest BCUT2D eigenvalue weighted by molar-refractivity contribution is 6.09. The Hall–Kier alpha value is -1.72. The number of Topliss-reactive ketones (excluding diaryl/α,β-unsaturated/α-hetero) is 1. The second kappa shape index (κ2) is 6.54. The van der Waals surface area contributed by atoms with Gasteiger partial charge in [-0.2, -0.15) is 0 Å². The Labute approximate surface area is 148 Å². The molecule has 136 valence electrons. The molecular weight excluding hydrogens is 320 g/mol. The monoisotopic (exact) mass is 346 g/mol. The minimum Gasteiger partial charge on any atom is -0.424 e. The summed E-state index contributed by atoms with van der Waals surface area (Å²) in [5.74, 6) is -0.762. The van der Waals surface area contributed by atoms with Gasteiger partial charge >= 0.3 is 5.97 Å². The van der Waals surface area contributed by atoms with Gasteiger partial charge in [-0.3, -0.25) is 4.79 Å². The molecule has 2 unspecified atom stereocenters. The SMILES string of the molecule is CC(=O)C1(OOC(C)(C)C)C(=O)Oc2ccccc2C1C1CCCC1. The summed E-state index contributed by atoms with van der Waals surface area (Å²) in [6, 6.07) is 7.41. The van der Waals surface area contributed by atoms with Crippen LogP contribution in [0.2, 0.25) is 0 Å². The summed E-state index contributed by atoms with van der Waals surface area (Å²) in [6.45, 7) is 6.82. The second-order valence-electron chi connectivity index (χ2n) is 8.02. The molecule has 1 saturated carbocycles. The lowest BCUT2D eigenvalue weighted by Crippen LogP contribution is -2.59. The third-order valence-corrected chi connectivity index (χ3v) is 5.02. The maximum atomic E-state index is 13.0. The maximum absolute atomic E-state index is 13.0. The van der Waals surface area contributed by atoms with Crippen LogP contribution in [0.25, 0.3) is 0 Å². The summed E-state index contributed by atoms with van der Waals surface area (Å²) in [4.78, 5) is 36.8. The second-order valence-corrected chi connectivity index (χ2v) is 8.02. The van der Waals surface area contributed by atoms with Crippen LogP contribution in [-0.2, 0) is 19.4 Å². The molecule has 1 heterocycles. The number of ether oxygens (including phenoxy) is 1. The van der Waals surface area contributed by atoms with Gasteiger partial charge in [-0.15, -0.1) is 0 Å². The van der Waals surface area contributed by atoms with Crippen LogP contribution in [0.15, 0.2) is 24.3 Å². The van der Waals surface area contributed by atoms with Gasteiger partial charge in [0, 0.05) is 11.5 Å². The third kappa shape index (κ3) is 3.23. The van der Waals surface area contributed by atoms with Crippen LogP contribution in [0.1, 0.15) is 64.9 Å². The van der Waals surface area contributed by atoms with Crippen molar-refractivity contribution in [3.05, 3.63) is 29.8 Å². The molecule has 1 aromatic rings. The molecule has 5 heteroatoms. The Bertz CT molecular complexity index is 669. The predicted octanol–water partition coefficient (Wildman–Crippen LogP) is 3.95. The van der Waals surface area contributed by atoms with Gasteiger partial charge in [0.15, 0.2) is 5.78 Å². The molecule has 1 aliphatic carbocycles. The van der Waals surface area contributed by atoms with E-state index in [0.29, 0.717) is 5.75 Å². The number of hydrogen-bond donors (Lipinski definition) is 0. The average Bonchev–Trinajstić information content (AvgIpc) is 3.05. The standard InChI is InChI=1S/C20H26O5/c1-13(21)20(25-24-19(2,3)4)17(14-9-5-6-10-14)15-11-7-8-12-16(15)23-18(20)22/h7-8,11-12,14,17H,5-6,9-10H2,1-4H3. The van der Waals surface area contributed by atoms with E-state index >= 15 is 0 Å². The average molecular weight is 346 g/mol. The molecule has 0 bridgehead atoms. The summed E-state index contributed by atoms with van der Waals surface area (Å²) < 4.78 is 5.50. The first-order chi connectivity index (χ1) is 11.8. The van der Waals surface area contributed by atoms with Crippen LogP contribution < -0.4 is 4.74 Å². The van der Waals surface area contributed by atoms with E-state index in [1.165, 1.54) is 6.92 Å². The van der Waals surface area contributed by atoms with Gasteiger partial charge in [0.2, 0.25) is 0 Å². The van der Waals surface area contributed by atoms with Gasteiger partial charge in [-0.25, -0.2) is 14.6 Å². The largest absolute Gasteiger partial charge is 0.424 e. The molecule has 0 radical (unpaired) electrons. The van der Waals surface area contributed by atoms with Crippen LogP contribution in [0.3, 0.4) is 0 Å². The van der Waals surface area contributed by atoms with Gasteiger partial charge in [0.1, 0.15) is 5.75 Å². The first kappa shape index (κ1) is 18.1. The number of rotatable bonds is 4. The molecule has 3 rings (SSSR count). The van der Waals surface area contributed by atoms with Crippen molar-refractivity contribution in [2.24, 2.45) is 5.92 Å². The number of esters is 1. The summed E-state index contributed by atoms with van der Waals surface area (Å²) in [7, 11) is 0. The fourth-order valence-corrected chi connectivity index (χ4v) is 3.93. The normalized spacial score (nSPS) is 27.0. The van der Waals surface area contributed by atoms with Crippen LogP contribution in [-0.4, -0.2) is 23.0 Å². The lowest BCUT2D eigenvalue weighted by Gasteiger charge is -2.43. The smallest absolute Gasteiger partial charge is 0.355 e. The van der Waals surface area contributed by atoms with E-state index in [2.05, 4.69) is 0 Å². The zero-order valence-corrected chi connectivity index (χ0v) is 15.3. The molecule has 5 nitrogen and oxygen atoms in total. The van der Waals surface area contributed by atoms with Crippen molar-refractivity contribution in [2.75, 3.05) is 0 Å². The van der Waals surface area contributed by atoms with E-state index in [1.54, 1.807) is 6.07 Å². The van der Waals surface area contributed by atoms with Crippen molar-refractivity contribution in [3.63, 3.8) is 0 Å². The summed E-state index contributed by atoms with van der Waals surface area (Å²) in [5.41, 5.74) is -1.56. The van der Waals surface area contributed by atoms with Gasteiger partial charge in [-0.05, 0) is 52.5 Å². The van der Waals surface area contributed by atoms with Crippen molar-refractivity contribution >= 4 is 11.8 Å². The van der Waals surface area contributed by atoms with Crippen LogP contribution in [0.5, 0.6) is 5.75 Å². The minimum absolute atomic E-state index is 0.182. The third-order valence-electron chi connectivity index (χ3n) is 5.02. The van der Waals surface area contributed by atoms with Gasteiger partial charge in [-0.1, -0.05) is 31.0 Å². The highest BCUT2D eigenvalue weighted by Crippen LogP contribution is 2.51. The molecule has 1 aromatic carbocycles. The molecule has 1 aliphatic heterocycles. The lowest BCUT2D eigenvalue weighted by atomic mass is 9.69. The zero-order chi connectivity index (χ0) is 18.2. The molecule has 1 fully saturated rings. The number of fused-ring (bicyclic) bond motifs is 1. The van der Waals surface area contributed by atoms with Crippen molar-refractivity contribution in [2.45, 2.75) is 70.5 Å². The fourth-order valence-electron chi connectivity index (χ4n) is 3.93. The molecule has 0 amide bonds. The van der Waals surface area contributed by atoms with Gasteiger partial charge in [0.25, 0.3) is 5.60 Å². The van der Waals surface area contributed by atoms with E-state index in [-0.39, 0.29) is 11.7 Å². The number of ketones is 1. The zero-order valence-electron chi connectivity index (χ0n) is 15.3. The minimum atomic E-state index is -1.75. The van der Waals surface area contributed by atoms with Crippen molar-refractivity contribution < 1.29 is 24.1 Å². The van der Waals surface area contributed by atoms with Gasteiger partial charge in [0.05, 0.1) is 5.60 Å². The lowest BCUT2D eigenvalue weighted by molar-refractivity contribution is -0.392. The molecule has 0 aromatic heterocycles. The Kier molecular flexibility index (Phi) is 4.73. The number of carbonyl (C=O) groups is 2. The molecule has 2 aliphatic rings. The summed E-state index contributed by atoms with van der Waals surface area (Å²) >= 11 is 0. The Morgan fingerprint density at radius 2 is 1.84 bits per heavy atom. The number of carbonyl (C=O) groups excluding carboxylic acids is 2. The Morgan fingerprint density at radius 3 is 2.44 bits per heavy atom. The first-order valence-electron chi connectivity index (χ1n) is 8.95. The topological polar surface area (TPSA) is 61.8 Å². The van der Waals surface area contributed by atoms with E-state index in [1.807, 2.05) is 39.0 Å². The van der Waals surface area contributed by atoms with Crippen LogP contribution in [0.4, 0.5) is 0 Å². The summed E-state index contributed by atoms with van der Waals surface area (Å²) in [6.07, 6.45) is 4.10. The molecule has 25 heavy (non-hydrogen) atoms. The Morgan fingerprint density at radius 1 is 1.20 bits per heavy atom. The molecular formula is C20H26O5.